The second-order valence-corrected chi connectivity index (χ2v) is 9.15. The van der Waals surface area contributed by atoms with Gasteiger partial charge in [0.15, 0.2) is 0 Å². The topological polar surface area (TPSA) is 106 Å². The third-order valence-corrected chi connectivity index (χ3v) is 6.43. The van der Waals surface area contributed by atoms with Crippen LogP contribution in [0, 0.1) is 17.0 Å². The van der Waals surface area contributed by atoms with Crippen LogP contribution >= 0.6 is 11.6 Å². The van der Waals surface area contributed by atoms with Gasteiger partial charge in [0.05, 0.1) is 11.6 Å². The molecular weight excluding hydrogens is 490 g/mol. The van der Waals surface area contributed by atoms with E-state index in [0.717, 1.165) is 11.8 Å². The second kappa shape index (κ2) is 12.6. The van der Waals surface area contributed by atoms with Crippen LogP contribution in [0.1, 0.15) is 38.2 Å². The van der Waals surface area contributed by atoms with Crippen LogP contribution in [0.15, 0.2) is 48.7 Å². The summed E-state index contributed by atoms with van der Waals surface area (Å²) in [6.07, 6.45) is 3.02. The molecule has 0 saturated heterocycles. The molecule has 0 saturated carbocycles. The maximum atomic E-state index is 13.7. The molecule has 7 nitrogen and oxygen atoms in total. The number of hydrogen-bond acceptors (Lipinski definition) is 5. The third kappa shape index (κ3) is 7.35. The van der Waals surface area contributed by atoms with Crippen molar-refractivity contribution in [2.24, 2.45) is 11.1 Å². The maximum Gasteiger partial charge on any atom is 0.412 e. The number of rotatable bonds is 11. The van der Waals surface area contributed by atoms with Gasteiger partial charge in [-0.25, -0.2) is 18.6 Å². The van der Waals surface area contributed by atoms with Crippen molar-refractivity contribution in [3.63, 3.8) is 0 Å². The molecule has 0 fully saturated rings. The van der Waals surface area contributed by atoms with Gasteiger partial charge in [0, 0.05) is 23.5 Å². The zero-order valence-corrected chi connectivity index (χ0v) is 20.7. The largest absolute Gasteiger partial charge is 0.449 e. The van der Waals surface area contributed by atoms with Crippen LogP contribution in [0.3, 0.4) is 0 Å². The normalized spacial score (nSPS) is 12.7. The number of ether oxygens (including phenoxy) is 1. The van der Waals surface area contributed by atoms with E-state index in [4.69, 9.17) is 22.1 Å². The number of carbonyl (C=O) groups is 2. The molecule has 36 heavy (non-hydrogen) atoms. The summed E-state index contributed by atoms with van der Waals surface area (Å²) in [5, 5.41) is 6.62. The van der Waals surface area contributed by atoms with E-state index in [1.54, 1.807) is 25.1 Å². The van der Waals surface area contributed by atoms with Crippen LogP contribution < -0.4 is 16.4 Å². The Morgan fingerprint density at radius 3 is 2.69 bits per heavy atom. The number of anilines is 1. The average molecular weight is 519 g/mol. The number of benzene rings is 2. The summed E-state index contributed by atoms with van der Waals surface area (Å²) in [7, 11) is 0. The molecule has 10 heteroatoms. The van der Waals surface area contributed by atoms with Gasteiger partial charge in [-0.3, -0.25) is 10.1 Å². The van der Waals surface area contributed by atoms with Crippen molar-refractivity contribution in [2.75, 3.05) is 18.5 Å². The number of hydrogen-bond donors (Lipinski definition) is 3. The molecule has 1 heterocycles. The van der Waals surface area contributed by atoms with Gasteiger partial charge in [-0.1, -0.05) is 37.1 Å². The van der Waals surface area contributed by atoms with Crippen LogP contribution in [0.25, 0.3) is 10.8 Å². The van der Waals surface area contributed by atoms with Gasteiger partial charge in [0.1, 0.15) is 17.5 Å². The first-order chi connectivity index (χ1) is 17.2. The number of fused-ring (bicyclic) bond motifs is 1. The summed E-state index contributed by atoms with van der Waals surface area (Å²) in [6, 6.07) is 10.2. The minimum Gasteiger partial charge on any atom is -0.449 e. The van der Waals surface area contributed by atoms with Crippen LogP contribution in [0.2, 0.25) is 5.02 Å². The lowest BCUT2D eigenvalue weighted by atomic mass is 9.81. The fourth-order valence-corrected chi connectivity index (χ4v) is 3.97. The number of halogens is 3. The van der Waals surface area contributed by atoms with Gasteiger partial charge in [0.25, 0.3) is 0 Å². The van der Waals surface area contributed by atoms with Crippen LogP contribution in [-0.4, -0.2) is 30.1 Å². The molecule has 0 spiro atoms. The lowest BCUT2D eigenvalue weighted by Gasteiger charge is -2.28. The molecule has 1 unspecified atom stereocenters. The standard InChI is InChI=1S/C26H29ClF2N4O3/c1-26(9-2-3-11-30,24(34)32-16-18-5-4-6-21(29)23(18)27)10-12-36-25(35)33-22-14-19-13-20(28)8-7-17(19)15-31-22/h4-8,13-15H,2-3,9-12,16,30H2,1H3,(H,32,34)(H,31,33,35). The SMILES string of the molecule is CC(CCCCN)(CCOC(=O)Nc1cc2cc(F)ccc2cn1)C(=O)NCc1cccc(F)c1Cl. The molecule has 0 aliphatic heterocycles. The summed E-state index contributed by atoms with van der Waals surface area (Å²) in [5.74, 6) is -0.996. The van der Waals surface area contributed by atoms with Crippen LogP contribution in [0.4, 0.5) is 19.4 Å². The number of pyridine rings is 1. The van der Waals surface area contributed by atoms with Crippen molar-refractivity contribution < 1.29 is 23.1 Å². The number of nitrogens with two attached hydrogens (primary N) is 1. The molecule has 3 aromatic rings. The highest BCUT2D eigenvalue weighted by atomic mass is 35.5. The predicted octanol–water partition coefficient (Wildman–Crippen LogP) is 5.56. The van der Waals surface area contributed by atoms with E-state index in [9.17, 15) is 18.4 Å². The highest BCUT2D eigenvalue weighted by Gasteiger charge is 2.33. The van der Waals surface area contributed by atoms with E-state index in [2.05, 4.69) is 15.6 Å². The smallest absolute Gasteiger partial charge is 0.412 e. The Morgan fingerprint density at radius 2 is 1.92 bits per heavy atom. The number of aromatic nitrogens is 1. The Labute approximate surface area is 213 Å². The minimum absolute atomic E-state index is 0.0265. The van der Waals surface area contributed by atoms with Crippen molar-refractivity contribution >= 4 is 40.2 Å². The molecule has 0 radical (unpaired) electrons. The minimum atomic E-state index is -0.853. The molecule has 1 atom stereocenters. The second-order valence-electron chi connectivity index (χ2n) is 8.77. The highest BCUT2D eigenvalue weighted by molar-refractivity contribution is 6.31. The first kappa shape index (κ1) is 27.3. The molecule has 4 N–H and O–H groups in total. The zero-order valence-electron chi connectivity index (χ0n) is 20.0. The highest BCUT2D eigenvalue weighted by Crippen LogP contribution is 2.30. The molecule has 192 valence electrons. The van der Waals surface area contributed by atoms with Gasteiger partial charge < -0.3 is 15.8 Å². The van der Waals surface area contributed by atoms with Crippen molar-refractivity contribution in [3.8, 4) is 0 Å². The molecule has 2 amide bonds. The monoisotopic (exact) mass is 518 g/mol. The fourth-order valence-electron chi connectivity index (χ4n) is 3.78. The summed E-state index contributed by atoms with van der Waals surface area (Å²) < 4.78 is 32.5. The van der Waals surface area contributed by atoms with E-state index in [-0.39, 0.29) is 36.3 Å². The van der Waals surface area contributed by atoms with Crippen molar-refractivity contribution in [3.05, 3.63) is 70.9 Å². The molecule has 0 aliphatic rings. The molecule has 0 aliphatic carbocycles. The maximum absolute atomic E-state index is 13.7. The Morgan fingerprint density at radius 1 is 1.11 bits per heavy atom. The number of carbonyl (C=O) groups excluding carboxylic acids is 2. The van der Waals surface area contributed by atoms with Crippen molar-refractivity contribution in [1.82, 2.24) is 10.3 Å². The molecule has 0 bridgehead atoms. The Hall–Kier alpha value is -3.30. The van der Waals surface area contributed by atoms with E-state index in [1.165, 1.54) is 30.5 Å². The van der Waals surface area contributed by atoms with Gasteiger partial charge in [-0.15, -0.1) is 0 Å². The zero-order chi connectivity index (χ0) is 26.1. The summed E-state index contributed by atoms with van der Waals surface area (Å²) >= 11 is 5.99. The fraction of sp³-hybridized carbons (Fsp3) is 0.346. The molecule has 1 aromatic heterocycles. The Bertz CT molecular complexity index is 1230. The Kier molecular flexibility index (Phi) is 9.55. The molecular formula is C26H29ClF2N4O3. The quantitative estimate of drug-likeness (QED) is 0.288. The Balaban J connectivity index is 1.57. The number of nitrogens with one attached hydrogen (secondary N) is 2. The third-order valence-electron chi connectivity index (χ3n) is 6.00. The van der Waals surface area contributed by atoms with Crippen LogP contribution in [-0.2, 0) is 16.1 Å². The lowest BCUT2D eigenvalue weighted by Crippen LogP contribution is -2.40. The predicted molar refractivity (Wildman–Crippen MR) is 136 cm³/mol. The summed E-state index contributed by atoms with van der Waals surface area (Å²) in [6.45, 7) is 2.32. The van der Waals surface area contributed by atoms with Crippen molar-refractivity contribution in [2.45, 2.75) is 39.2 Å². The number of amides is 2. The van der Waals surface area contributed by atoms with Crippen LogP contribution in [0.5, 0.6) is 0 Å². The van der Waals surface area contributed by atoms with Gasteiger partial charge in [-0.05, 0) is 67.1 Å². The van der Waals surface area contributed by atoms with Crippen molar-refractivity contribution in [1.29, 1.82) is 0 Å². The summed E-state index contributed by atoms with van der Waals surface area (Å²) in [4.78, 5) is 29.5. The first-order valence-electron chi connectivity index (χ1n) is 11.6. The summed E-state index contributed by atoms with van der Waals surface area (Å²) in [5.41, 5.74) is 5.21. The molecule has 3 rings (SSSR count). The van der Waals surface area contributed by atoms with Gasteiger partial charge in [0.2, 0.25) is 5.91 Å². The lowest BCUT2D eigenvalue weighted by molar-refractivity contribution is -0.131. The van der Waals surface area contributed by atoms with Gasteiger partial charge >= 0.3 is 6.09 Å². The van der Waals surface area contributed by atoms with E-state index < -0.39 is 23.1 Å². The number of unbranched alkanes of at least 4 members (excludes halogenated alkanes) is 1. The van der Waals surface area contributed by atoms with Gasteiger partial charge in [-0.2, -0.15) is 0 Å². The van der Waals surface area contributed by atoms with E-state index in [1.807, 2.05) is 0 Å². The first-order valence-corrected chi connectivity index (χ1v) is 12.0. The van der Waals surface area contributed by atoms with E-state index >= 15 is 0 Å². The number of nitrogens with zero attached hydrogens (tertiary/aromatic N) is 1. The average Bonchev–Trinajstić information content (AvgIpc) is 2.84. The molecule has 2 aromatic carbocycles. The van der Waals surface area contributed by atoms with E-state index in [0.29, 0.717) is 30.3 Å².